The normalized spacial score (nSPS) is 13.0. The van der Waals surface area contributed by atoms with Crippen LogP contribution in [0.25, 0.3) is 54.9 Å². The molecule has 0 amide bonds. The Morgan fingerprint density at radius 2 is 0.938 bits per heavy atom. The molecule has 9 rings (SSSR count). The van der Waals surface area contributed by atoms with E-state index in [9.17, 15) is 0 Å². The fraction of sp³-hybridized carbons (Fsp3) is 0.0638. The lowest BCUT2D eigenvalue weighted by Gasteiger charge is -2.30. The molecule has 0 saturated carbocycles. The van der Waals surface area contributed by atoms with E-state index in [1.54, 1.807) is 0 Å². The Kier molecular flexibility index (Phi) is 6.55. The first-order valence-electron chi connectivity index (χ1n) is 16.8. The van der Waals surface area contributed by atoms with Crippen molar-refractivity contribution in [3.63, 3.8) is 0 Å². The van der Waals surface area contributed by atoms with Crippen LogP contribution in [-0.4, -0.2) is 0 Å². The smallest absolute Gasteiger partial charge is 0.0546 e. The quantitative estimate of drug-likeness (QED) is 0.187. The first kappa shape index (κ1) is 28.3. The molecular formula is C47H35N. The van der Waals surface area contributed by atoms with Gasteiger partial charge in [-0.25, -0.2) is 0 Å². The third kappa shape index (κ3) is 4.47. The molecule has 0 aromatic heterocycles. The zero-order valence-corrected chi connectivity index (χ0v) is 27.2. The molecule has 0 aliphatic heterocycles. The highest BCUT2D eigenvalue weighted by Gasteiger charge is 2.36. The van der Waals surface area contributed by atoms with Crippen molar-refractivity contribution in [2.75, 3.05) is 4.90 Å². The van der Waals surface area contributed by atoms with Gasteiger partial charge in [0.15, 0.2) is 0 Å². The number of nitrogens with zero attached hydrogens (tertiary/aromatic N) is 1. The number of rotatable bonds is 5. The maximum atomic E-state index is 2.46. The van der Waals surface area contributed by atoms with Crippen LogP contribution in [0.3, 0.4) is 0 Å². The van der Waals surface area contributed by atoms with Crippen LogP contribution in [-0.2, 0) is 5.41 Å². The Morgan fingerprint density at radius 1 is 0.375 bits per heavy atom. The summed E-state index contributed by atoms with van der Waals surface area (Å²) in [7, 11) is 0. The highest BCUT2D eigenvalue weighted by molar-refractivity contribution is 6.04. The van der Waals surface area contributed by atoms with Gasteiger partial charge in [-0.2, -0.15) is 0 Å². The average Bonchev–Trinajstić information content (AvgIpc) is 3.37. The molecule has 0 saturated heterocycles. The van der Waals surface area contributed by atoms with Crippen LogP contribution < -0.4 is 4.90 Å². The summed E-state index contributed by atoms with van der Waals surface area (Å²) in [5.74, 6) is 0. The highest BCUT2D eigenvalue weighted by atomic mass is 15.1. The van der Waals surface area contributed by atoms with Gasteiger partial charge in [0.25, 0.3) is 0 Å². The van der Waals surface area contributed by atoms with Crippen LogP contribution in [0.4, 0.5) is 17.1 Å². The first-order valence-corrected chi connectivity index (χ1v) is 16.8. The standard InChI is InChI=1S/C47H35N/c1-47(2)44-25-11-10-22-41(44)42-29-27-36(31-45(42)47)48(35-18-4-3-5-19-35)46-30-34(39-23-12-16-32-14-6-8-20-37(32)39)26-28-43(46)40-24-13-17-33-15-7-9-21-38(33)40/h3-31H,1-2H3. The van der Waals surface area contributed by atoms with Gasteiger partial charge in [0.05, 0.1) is 5.69 Å². The van der Waals surface area contributed by atoms with Gasteiger partial charge in [0.1, 0.15) is 0 Å². The van der Waals surface area contributed by atoms with Crippen molar-refractivity contribution >= 4 is 38.6 Å². The number of fused-ring (bicyclic) bond motifs is 5. The monoisotopic (exact) mass is 613 g/mol. The predicted octanol–water partition coefficient (Wildman–Crippen LogP) is 13.1. The van der Waals surface area contributed by atoms with Crippen molar-refractivity contribution in [1.29, 1.82) is 0 Å². The molecule has 228 valence electrons. The van der Waals surface area contributed by atoms with Gasteiger partial charge in [0.2, 0.25) is 0 Å². The van der Waals surface area contributed by atoms with E-state index in [-0.39, 0.29) is 5.41 Å². The Morgan fingerprint density at radius 3 is 1.71 bits per heavy atom. The van der Waals surface area contributed by atoms with E-state index in [4.69, 9.17) is 0 Å². The maximum absolute atomic E-state index is 2.46. The van der Waals surface area contributed by atoms with Gasteiger partial charge in [-0.15, -0.1) is 0 Å². The summed E-state index contributed by atoms with van der Waals surface area (Å²) in [6.07, 6.45) is 0. The Hall–Kier alpha value is -5.92. The van der Waals surface area contributed by atoms with E-state index < -0.39 is 0 Å². The molecule has 0 fully saturated rings. The molecular weight excluding hydrogens is 579 g/mol. The minimum Gasteiger partial charge on any atom is -0.310 e. The van der Waals surface area contributed by atoms with E-state index in [1.807, 2.05) is 0 Å². The molecule has 1 heteroatoms. The topological polar surface area (TPSA) is 3.24 Å². The summed E-state index contributed by atoms with van der Waals surface area (Å²) in [6, 6.07) is 64.5. The molecule has 0 heterocycles. The minimum absolute atomic E-state index is 0.104. The lowest BCUT2D eigenvalue weighted by atomic mass is 9.82. The molecule has 0 unspecified atom stereocenters. The molecule has 1 nitrogen and oxygen atoms in total. The van der Waals surface area contributed by atoms with E-state index >= 15 is 0 Å². The zero-order chi connectivity index (χ0) is 32.2. The van der Waals surface area contributed by atoms with Gasteiger partial charge in [-0.3, -0.25) is 0 Å². The summed E-state index contributed by atoms with van der Waals surface area (Å²) in [6.45, 7) is 4.72. The molecule has 1 aliphatic rings. The van der Waals surface area contributed by atoms with E-state index in [0.717, 1.165) is 17.1 Å². The van der Waals surface area contributed by atoms with Crippen LogP contribution in [0.1, 0.15) is 25.0 Å². The molecule has 0 radical (unpaired) electrons. The van der Waals surface area contributed by atoms with Gasteiger partial charge >= 0.3 is 0 Å². The van der Waals surface area contributed by atoms with Crippen molar-refractivity contribution in [1.82, 2.24) is 0 Å². The SMILES string of the molecule is CC1(C)c2ccccc2-c2ccc(N(c3ccccc3)c3cc(-c4cccc5ccccc45)ccc3-c3cccc4ccccc34)cc21. The van der Waals surface area contributed by atoms with E-state index in [2.05, 4.69) is 195 Å². The van der Waals surface area contributed by atoms with E-state index in [0.29, 0.717) is 0 Å². The Bertz CT molecular complexity index is 2480. The summed E-state index contributed by atoms with van der Waals surface area (Å²) >= 11 is 0. The predicted molar refractivity (Wildman–Crippen MR) is 205 cm³/mol. The van der Waals surface area contributed by atoms with Gasteiger partial charge < -0.3 is 4.90 Å². The molecule has 0 N–H and O–H groups in total. The highest BCUT2D eigenvalue weighted by Crippen LogP contribution is 2.52. The third-order valence-corrected chi connectivity index (χ3v) is 10.3. The van der Waals surface area contributed by atoms with Crippen LogP contribution in [0.2, 0.25) is 0 Å². The number of hydrogen-bond acceptors (Lipinski definition) is 1. The zero-order valence-electron chi connectivity index (χ0n) is 27.2. The van der Waals surface area contributed by atoms with Crippen LogP contribution in [0.15, 0.2) is 176 Å². The largest absolute Gasteiger partial charge is 0.310 e. The number of hydrogen-bond donors (Lipinski definition) is 0. The van der Waals surface area contributed by atoms with Crippen molar-refractivity contribution < 1.29 is 0 Å². The van der Waals surface area contributed by atoms with Crippen molar-refractivity contribution in [3.05, 3.63) is 187 Å². The summed E-state index contributed by atoms with van der Waals surface area (Å²) in [5.41, 5.74) is 13.6. The fourth-order valence-corrected chi connectivity index (χ4v) is 7.89. The molecule has 8 aromatic carbocycles. The summed E-state index contributed by atoms with van der Waals surface area (Å²) in [5, 5.41) is 4.99. The Balaban J connectivity index is 1.33. The second kappa shape index (κ2) is 11.1. The second-order valence-electron chi connectivity index (χ2n) is 13.4. The van der Waals surface area contributed by atoms with Gasteiger partial charge in [-0.1, -0.05) is 159 Å². The Labute approximate surface area is 282 Å². The molecule has 48 heavy (non-hydrogen) atoms. The number of para-hydroxylation sites is 1. The first-order chi connectivity index (χ1) is 23.6. The summed E-state index contributed by atoms with van der Waals surface area (Å²) in [4.78, 5) is 2.46. The number of anilines is 3. The molecule has 8 aromatic rings. The van der Waals surface area contributed by atoms with Crippen LogP contribution >= 0.6 is 0 Å². The second-order valence-corrected chi connectivity index (χ2v) is 13.4. The van der Waals surface area contributed by atoms with Crippen LogP contribution in [0, 0.1) is 0 Å². The minimum atomic E-state index is -0.104. The van der Waals surface area contributed by atoms with E-state index in [1.165, 1.54) is 66.1 Å². The molecule has 1 aliphatic carbocycles. The lowest BCUT2D eigenvalue weighted by Crippen LogP contribution is -2.17. The van der Waals surface area contributed by atoms with Crippen molar-refractivity contribution in [3.8, 4) is 33.4 Å². The van der Waals surface area contributed by atoms with Gasteiger partial charge in [-0.05, 0) is 90.8 Å². The van der Waals surface area contributed by atoms with Crippen molar-refractivity contribution in [2.45, 2.75) is 19.3 Å². The van der Waals surface area contributed by atoms with Crippen LogP contribution in [0.5, 0.6) is 0 Å². The maximum Gasteiger partial charge on any atom is 0.0546 e. The summed E-state index contributed by atoms with van der Waals surface area (Å²) < 4.78 is 0. The molecule has 0 spiro atoms. The molecule has 0 atom stereocenters. The third-order valence-electron chi connectivity index (χ3n) is 10.3. The van der Waals surface area contributed by atoms with Gasteiger partial charge in [0, 0.05) is 22.4 Å². The lowest BCUT2D eigenvalue weighted by molar-refractivity contribution is 0.660. The molecule has 0 bridgehead atoms. The average molecular weight is 614 g/mol. The fourth-order valence-electron chi connectivity index (χ4n) is 7.89. The van der Waals surface area contributed by atoms with Crippen molar-refractivity contribution in [2.24, 2.45) is 0 Å². The number of benzene rings is 8.